The van der Waals surface area contributed by atoms with Crippen molar-refractivity contribution in [3.8, 4) is 0 Å². The third-order valence-corrected chi connectivity index (χ3v) is 3.21. The van der Waals surface area contributed by atoms with E-state index in [4.69, 9.17) is 0 Å². The molecule has 0 saturated carbocycles. The van der Waals surface area contributed by atoms with Gasteiger partial charge in [-0.15, -0.1) is 0 Å². The summed E-state index contributed by atoms with van der Waals surface area (Å²) in [7, 11) is 0. The molecule has 2 aromatic carbocycles. The molecule has 0 aliphatic rings. The van der Waals surface area contributed by atoms with Gasteiger partial charge in [0.2, 0.25) is 5.91 Å². The average Bonchev–Trinajstić information content (AvgIpc) is 2.49. The van der Waals surface area contributed by atoms with Crippen LogP contribution < -0.4 is 10.6 Å². The molecule has 0 spiro atoms. The highest BCUT2D eigenvalue weighted by molar-refractivity contribution is 6.07. The number of carbonyl (C=O) groups is 2. The Bertz CT molecular complexity index is 680. The van der Waals surface area contributed by atoms with E-state index >= 15 is 0 Å². The van der Waals surface area contributed by atoms with Crippen LogP contribution in [-0.2, 0) is 4.79 Å². The molecule has 114 valence electrons. The summed E-state index contributed by atoms with van der Waals surface area (Å²) in [6, 6.07) is 14.6. The van der Waals surface area contributed by atoms with Gasteiger partial charge in [0, 0.05) is 12.0 Å². The highest BCUT2D eigenvalue weighted by Gasteiger charge is 2.10. The van der Waals surface area contributed by atoms with Gasteiger partial charge in [0.15, 0.2) is 0 Å². The van der Waals surface area contributed by atoms with E-state index in [0.29, 0.717) is 23.4 Å². The van der Waals surface area contributed by atoms with E-state index < -0.39 is 0 Å². The summed E-state index contributed by atoms with van der Waals surface area (Å²) in [5, 5.41) is 5.67. The minimum atomic E-state index is -0.194. The largest absolute Gasteiger partial charge is 0.324 e. The fourth-order valence-corrected chi connectivity index (χ4v) is 2.12. The third-order valence-electron chi connectivity index (χ3n) is 3.21. The number of nitrogens with one attached hydrogen (secondary N) is 2. The smallest absolute Gasteiger partial charge is 0.255 e. The minimum Gasteiger partial charge on any atom is -0.324 e. The number of para-hydroxylation sites is 2. The van der Waals surface area contributed by atoms with Crippen LogP contribution in [0.4, 0.5) is 11.4 Å². The molecule has 2 rings (SSSR count). The lowest BCUT2D eigenvalue weighted by Crippen LogP contribution is -2.16. The van der Waals surface area contributed by atoms with Crippen molar-refractivity contribution < 1.29 is 9.59 Å². The summed E-state index contributed by atoms with van der Waals surface area (Å²) in [5.74, 6) is -0.249. The SMILES string of the molecule is CCCC(=O)Nc1ccccc1NC(=O)c1cccc(C)c1. The number of aryl methyl sites for hydroxylation is 1. The second-order valence-electron chi connectivity index (χ2n) is 5.17. The highest BCUT2D eigenvalue weighted by Crippen LogP contribution is 2.22. The van der Waals surface area contributed by atoms with Crippen molar-refractivity contribution in [1.29, 1.82) is 0 Å². The van der Waals surface area contributed by atoms with Crippen molar-refractivity contribution >= 4 is 23.2 Å². The molecule has 0 aromatic heterocycles. The fraction of sp³-hybridized carbons (Fsp3) is 0.222. The summed E-state index contributed by atoms with van der Waals surface area (Å²) >= 11 is 0. The van der Waals surface area contributed by atoms with Crippen LogP contribution in [0.25, 0.3) is 0 Å². The molecule has 4 nitrogen and oxygen atoms in total. The van der Waals surface area contributed by atoms with E-state index in [1.165, 1.54) is 0 Å². The van der Waals surface area contributed by atoms with Gasteiger partial charge < -0.3 is 10.6 Å². The van der Waals surface area contributed by atoms with Crippen LogP contribution in [0.15, 0.2) is 48.5 Å². The van der Waals surface area contributed by atoms with Crippen LogP contribution in [0.1, 0.15) is 35.7 Å². The average molecular weight is 296 g/mol. The zero-order valence-corrected chi connectivity index (χ0v) is 12.8. The van der Waals surface area contributed by atoms with E-state index in [1.54, 1.807) is 18.2 Å². The number of carbonyl (C=O) groups excluding carboxylic acids is 2. The first-order valence-corrected chi connectivity index (χ1v) is 7.37. The van der Waals surface area contributed by atoms with Gasteiger partial charge in [0.05, 0.1) is 11.4 Å². The molecule has 0 unspecified atom stereocenters. The Kier molecular flexibility index (Phi) is 5.31. The molecular formula is C18H20N2O2. The van der Waals surface area contributed by atoms with E-state index in [1.807, 2.05) is 44.2 Å². The lowest BCUT2D eigenvalue weighted by molar-refractivity contribution is -0.116. The van der Waals surface area contributed by atoms with Gasteiger partial charge in [-0.25, -0.2) is 0 Å². The quantitative estimate of drug-likeness (QED) is 0.876. The van der Waals surface area contributed by atoms with Gasteiger partial charge in [-0.1, -0.05) is 36.8 Å². The van der Waals surface area contributed by atoms with Gasteiger partial charge in [0.25, 0.3) is 5.91 Å². The Morgan fingerprint density at radius 2 is 1.64 bits per heavy atom. The molecule has 2 N–H and O–H groups in total. The molecule has 4 heteroatoms. The Labute approximate surface area is 130 Å². The van der Waals surface area contributed by atoms with Crippen molar-refractivity contribution in [3.63, 3.8) is 0 Å². The van der Waals surface area contributed by atoms with Crippen LogP contribution in [-0.4, -0.2) is 11.8 Å². The molecule has 0 radical (unpaired) electrons. The summed E-state index contributed by atoms with van der Waals surface area (Å²) in [5.41, 5.74) is 2.83. The van der Waals surface area contributed by atoms with Gasteiger partial charge >= 0.3 is 0 Å². The molecule has 0 aliphatic heterocycles. The number of amides is 2. The van der Waals surface area contributed by atoms with E-state index in [2.05, 4.69) is 10.6 Å². The van der Waals surface area contributed by atoms with E-state index in [0.717, 1.165) is 12.0 Å². The van der Waals surface area contributed by atoms with Crippen molar-refractivity contribution in [1.82, 2.24) is 0 Å². The fourth-order valence-electron chi connectivity index (χ4n) is 2.12. The number of rotatable bonds is 5. The predicted octanol–water partition coefficient (Wildman–Crippen LogP) is 3.99. The van der Waals surface area contributed by atoms with Crippen molar-refractivity contribution in [3.05, 3.63) is 59.7 Å². The molecule has 0 bridgehead atoms. The monoisotopic (exact) mass is 296 g/mol. The third kappa shape index (κ3) is 4.19. The zero-order chi connectivity index (χ0) is 15.9. The van der Waals surface area contributed by atoms with Gasteiger partial charge in [-0.2, -0.15) is 0 Å². The molecule has 2 aromatic rings. The first kappa shape index (κ1) is 15.8. The Balaban J connectivity index is 2.15. The summed E-state index contributed by atoms with van der Waals surface area (Å²) in [6.45, 7) is 3.89. The molecule has 0 atom stereocenters. The number of anilines is 2. The normalized spacial score (nSPS) is 10.1. The first-order valence-electron chi connectivity index (χ1n) is 7.37. The maximum absolute atomic E-state index is 12.3. The molecular weight excluding hydrogens is 276 g/mol. The van der Waals surface area contributed by atoms with Crippen molar-refractivity contribution in [2.75, 3.05) is 10.6 Å². The predicted molar refractivity (Wildman–Crippen MR) is 89.1 cm³/mol. The van der Waals surface area contributed by atoms with Crippen LogP contribution in [0.2, 0.25) is 0 Å². The van der Waals surface area contributed by atoms with Crippen LogP contribution in [0, 0.1) is 6.92 Å². The van der Waals surface area contributed by atoms with E-state index in [9.17, 15) is 9.59 Å². The van der Waals surface area contributed by atoms with Crippen LogP contribution in [0.3, 0.4) is 0 Å². The highest BCUT2D eigenvalue weighted by atomic mass is 16.2. The van der Waals surface area contributed by atoms with Gasteiger partial charge in [-0.3, -0.25) is 9.59 Å². The molecule has 22 heavy (non-hydrogen) atoms. The maximum Gasteiger partial charge on any atom is 0.255 e. The molecule has 2 amide bonds. The lowest BCUT2D eigenvalue weighted by Gasteiger charge is -2.12. The Morgan fingerprint density at radius 1 is 0.955 bits per heavy atom. The maximum atomic E-state index is 12.3. The Morgan fingerprint density at radius 3 is 2.27 bits per heavy atom. The second kappa shape index (κ2) is 7.41. The standard InChI is InChI=1S/C18H20N2O2/c1-3-7-17(21)19-15-10-4-5-11-16(15)20-18(22)14-9-6-8-13(2)12-14/h4-6,8-12H,3,7H2,1-2H3,(H,19,21)(H,20,22). The zero-order valence-electron chi connectivity index (χ0n) is 12.8. The van der Waals surface area contributed by atoms with Gasteiger partial charge in [-0.05, 0) is 37.6 Å². The first-order chi connectivity index (χ1) is 10.6. The molecule has 0 fully saturated rings. The number of hydrogen-bond donors (Lipinski definition) is 2. The summed E-state index contributed by atoms with van der Waals surface area (Å²) in [4.78, 5) is 24.0. The summed E-state index contributed by atoms with van der Waals surface area (Å²) in [6.07, 6.45) is 1.24. The number of benzene rings is 2. The Hall–Kier alpha value is -2.62. The van der Waals surface area contributed by atoms with Crippen molar-refractivity contribution in [2.45, 2.75) is 26.7 Å². The minimum absolute atomic E-state index is 0.0558. The molecule has 0 saturated heterocycles. The number of hydrogen-bond acceptors (Lipinski definition) is 2. The molecule has 0 heterocycles. The summed E-state index contributed by atoms with van der Waals surface area (Å²) < 4.78 is 0. The van der Waals surface area contributed by atoms with Crippen molar-refractivity contribution in [2.24, 2.45) is 0 Å². The molecule has 0 aliphatic carbocycles. The van der Waals surface area contributed by atoms with E-state index in [-0.39, 0.29) is 11.8 Å². The van der Waals surface area contributed by atoms with Crippen LogP contribution >= 0.6 is 0 Å². The lowest BCUT2D eigenvalue weighted by atomic mass is 10.1. The van der Waals surface area contributed by atoms with Crippen LogP contribution in [0.5, 0.6) is 0 Å². The van der Waals surface area contributed by atoms with Gasteiger partial charge in [0.1, 0.15) is 0 Å². The topological polar surface area (TPSA) is 58.2 Å². The second-order valence-corrected chi connectivity index (χ2v) is 5.17.